The van der Waals surface area contributed by atoms with Gasteiger partial charge < -0.3 is 0 Å². The second kappa shape index (κ2) is 5.91. The summed E-state index contributed by atoms with van der Waals surface area (Å²) in [7, 11) is 0. The van der Waals surface area contributed by atoms with Gasteiger partial charge >= 0.3 is 0 Å². The third kappa shape index (κ3) is 2.72. The first-order chi connectivity index (χ1) is 10.3. The molecule has 0 aliphatic heterocycles. The second-order valence-electron chi connectivity index (χ2n) is 4.98. The number of hydrogen-bond acceptors (Lipinski definition) is 3. The van der Waals surface area contributed by atoms with Gasteiger partial charge in [0.25, 0.3) is 0 Å². The van der Waals surface area contributed by atoms with Gasteiger partial charge in [-0.25, -0.2) is 10.1 Å². The van der Waals surface area contributed by atoms with Gasteiger partial charge in [0, 0.05) is 6.20 Å². The van der Waals surface area contributed by atoms with Gasteiger partial charge in [-0.1, -0.05) is 42.5 Å². The van der Waals surface area contributed by atoms with Gasteiger partial charge in [0.05, 0.1) is 17.4 Å². The number of benzene rings is 2. The van der Waals surface area contributed by atoms with Gasteiger partial charge in [-0.3, -0.25) is 5.84 Å². The number of hydrazine groups is 1. The van der Waals surface area contributed by atoms with Crippen molar-refractivity contribution in [1.29, 1.82) is 0 Å². The van der Waals surface area contributed by atoms with Gasteiger partial charge in [0.1, 0.15) is 0 Å². The van der Waals surface area contributed by atoms with E-state index < -0.39 is 0 Å². The number of nitrogens with zero attached hydrogens (tertiary/aromatic N) is 2. The fraction of sp³-hybridized carbons (Fsp3) is 0.118. The second-order valence-corrected chi connectivity index (χ2v) is 4.98. The summed E-state index contributed by atoms with van der Waals surface area (Å²) in [5.41, 5.74) is 7.12. The van der Waals surface area contributed by atoms with Crippen molar-refractivity contribution >= 4 is 0 Å². The van der Waals surface area contributed by atoms with E-state index in [9.17, 15) is 0 Å². The van der Waals surface area contributed by atoms with Crippen molar-refractivity contribution in [3.05, 3.63) is 83.7 Å². The molecule has 0 fully saturated rings. The van der Waals surface area contributed by atoms with E-state index in [-0.39, 0.29) is 6.04 Å². The average molecular weight is 278 g/mol. The number of para-hydroxylation sites is 1. The molecule has 1 aromatic heterocycles. The Morgan fingerprint density at radius 2 is 1.71 bits per heavy atom. The number of nitrogens with one attached hydrogen (secondary N) is 1. The molecule has 3 aromatic rings. The van der Waals surface area contributed by atoms with Crippen LogP contribution in [0.3, 0.4) is 0 Å². The number of rotatable bonds is 4. The van der Waals surface area contributed by atoms with Crippen LogP contribution in [-0.2, 0) is 0 Å². The molecule has 3 N–H and O–H groups in total. The molecule has 4 heteroatoms. The molecule has 1 atom stereocenters. The van der Waals surface area contributed by atoms with Gasteiger partial charge in [-0.15, -0.1) is 0 Å². The van der Waals surface area contributed by atoms with E-state index in [1.807, 2.05) is 59.4 Å². The van der Waals surface area contributed by atoms with Crippen LogP contribution in [0.15, 0.2) is 66.9 Å². The Balaban J connectivity index is 1.96. The van der Waals surface area contributed by atoms with Crippen LogP contribution in [0.4, 0.5) is 0 Å². The smallest absolute Gasteiger partial charge is 0.0902 e. The summed E-state index contributed by atoms with van der Waals surface area (Å²) in [4.78, 5) is 0. The van der Waals surface area contributed by atoms with Crippen molar-refractivity contribution in [2.45, 2.75) is 13.0 Å². The Labute approximate surface area is 124 Å². The minimum Gasteiger partial charge on any atom is -0.271 e. The van der Waals surface area contributed by atoms with E-state index in [0.717, 1.165) is 16.9 Å². The molecule has 0 aliphatic rings. The highest BCUT2D eigenvalue weighted by molar-refractivity contribution is 5.35. The third-order valence-electron chi connectivity index (χ3n) is 3.59. The predicted molar refractivity (Wildman–Crippen MR) is 83.9 cm³/mol. The topological polar surface area (TPSA) is 55.9 Å². The zero-order chi connectivity index (χ0) is 14.7. The molecule has 3 rings (SSSR count). The first-order valence-electron chi connectivity index (χ1n) is 6.92. The molecule has 1 unspecified atom stereocenters. The van der Waals surface area contributed by atoms with Crippen LogP contribution in [-0.4, -0.2) is 9.78 Å². The molecular formula is C17H18N4. The number of aryl methyl sites for hydroxylation is 1. The fourth-order valence-corrected chi connectivity index (χ4v) is 2.46. The quantitative estimate of drug-likeness (QED) is 0.570. The molecule has 4 nitrogen and oxygen atoms in total. The lowest BCUT2D eigenvalue weighted by Crippen LogP contribution is -2.29. The summed E-state index contributed by atoms with van der Waals surface area (Å²) in [5.74, 6) is 5.75. The standard InChI is InChI=1S/C17H18N4/c1-13-7-5-6-10-15(13)17(19-18)16-11-12-21(20-16)14-8-3-2-4-9-14/h2-12,17,19H,18H2,1H3. The van der Waals surface area contributed by atoms with Crippen LogP contribution in [0.2, 0.25) is 0 Å². The highest BCUT2D eigenvalue weighted by Crippen LogP contribution is 2.23. The molecule has 0 radical (unpaired) electrons. The molecule has 2 aromatic carbocycles. The Kier molecular flexibility index (Phi) is 3.81. The third-order valence-corrected chi connectivity index (χ3v) is 3.59. The first-order valence-corrected chi connectivity index (χ1v) is 6.92. The van der Waals surface area contributed by atoms with Gasteiger partial charge in [0.2, 0.25) is 0 Å². The van der Waals surface area contributed by atoms with Crippen molar-refractivity contribution in [2.24, 2.45) is 5.84 Å². The lowest BCUT2D eigenvalue weighted by Gasteiger charge is -2.16. The molecular weight excluding hydrogens is 260 g/mol. The van der Waals surface area contributed by atoms with Gasteiger partial charge in [-0.05, 0) is 36.2 Å². The predicted octanol–water partition coefficient (Wildman–Crippen LogP) is 2.73. The van der Waals surface area contributed by atoms with E-state index in [1.165, 1.54) is 5.56 Å². The largest absolute Gasteiger partial charge is 0.271 e. The summed E-state index contributed by atoms with van der Waals surface area (Å²) >= 11 is 0. The van der Waals surface area contributed by atoms with Crippen LogP contribution >= 0.6 is 0 Å². The van der Waals surface area contributed by atoms with E-state index >= 15 is 0 Å². The monoisotopic (exact) mass is 278 g/mol. The highest BCUT2D eigenvalue weighted by atomic mass is 15.3. The molecule has 0 bridgehead atoms. The Morgan fingerprint density at radius 3 is 2.43 bits per heavy atom. The van der Waals surface area contributed by atoms with Crippen molar-refractivity contribution in [2.75, 3.05) is 0 Å². The van der Waals surface area contributed by atoms with Crippen LogP contribution in [0.1, 0.15) is 22.9 Å². The van der Waals surface area contributed by atoms with E-state index in [2.05, 4.69) is 29.6 Å². The molecule has 0 amide bonds. The summed E-state index contributed by atoms with van der Waals surface area (Å²) in [6, 6.07) is 20.1. The van der Waals surface area contributed by atoms with Gasteiger partial charge in [-0.2, -0.15) is 5.10 Å². The highest BCUT2D eigenvalue weighted by Gasteiger charge is 2.17. The molecule has 106 valence electrons. The van der Waals surface area contributed by atoms with E-state index in [4.69, 9.17) is 5.84 Å². The molecule has 1 heterocycles. The summed E-state index contributed by atoms with van der Waals surface area (Å²) in [5, 5.41) is 4.64. The molecule has 0 aliphatic carbocycles. The lowest BCUT2D eigenvalue weighted by atomic mass is 9.99. The maximum Gasteiger partial charge on any atom is 0.0902 e. The molecule has 21 heavy (non-hydrogen) atoms. The average Bonchev–Trinajstić information content (AvgIpc) is 3.00. The van der Waals surface area contributed by atoms with Crippen molar-refractivity contribution in [1.82, 2.24) is 15.2 Å². The zero-order valence-corrected chi connectivity index (χ0v) is 11.9. The van der Waals surface area contributed by atoms with E-state index in [0.29, 0.717) is 0 Å². The SMILES string of the molecule is Cc1ccccc1C(NN)c1ccn(-c2ccccc2)n1. The molecule has 0 saturated heterocycles. The van der Waals surface area contributed by atoms with Crippen LogP contribution in [0, 0.1) is 6.92 Å². The normalized spacial score (nSPS) is 12.3. The number of nitrogens with two attached hydrogens (primary N) is 1. The Bertz CT molecular complexity index is 718. The Hall–Kier alpha value is -2.43. The summed E-state index contributed by atoms with van der Waals surface area (Å²) < 4.78 is 1.86. The fourth-order valence-electron chi connectivity index (χ4n) is 2.46. The minimum atomic E-state index is -0.115. The number of aromatic nitrogens is 2. The Morgan fingerprint density at radius 1 is 1.00 bits per heavy atom. The van der Waals surface area contributed by atoms with Crippen LogP contribution in [0.5, 0.6) is 0 Å². The van der Waals surface area contributed by atoms with Crippen LogP contribution < -0.4 is 11.3 Å². The van der Waals surface area contributed by atoms with Crippen molar-refractivity contribution in [3.63, 3.8) is 0 Å². The van der Waals surface area contributed by atoms with Crippen molar-refractivity contribution < 1.29 is 0 Å². The maximum absolute atomic E-state index is 5.75. The number of hydrogen-bond donors (Lipinski definition) is 2. The van der Waals surface area contributed by atoms with Crippen LogP contribution in [0.25, 0.3) is 5.69 Å². The molecule has 0 spiro atoms. The summed E-state index contributed by atoms with van der Waals surface area (Å²) in [6.07, 6.45) is 1.95. The lowest BCUT2D eigenvalue weighted by molar-refractivity contribution is 0.609. The maximum atomic E-state index is 5.75. The molecule has 0 saturated carbocycles. The van der Waals surface area contributed by atoms with Gasteiger partial charge in [0.15, 0.2) is 0 Å². The zero-order valence-electron chi connectivity index (χ0n) is 11.9. The van der Waals surface area contributed by atoms with Crippen molar-refractivity contribution in [3.8, 4) is 5.69 Å². The van der Waals surface area contributed by atoms with E-state index in [1.54, 1.807) is 0 Å². The summed E-state index contributed by atoms with van der Waals surface area (Å²) in [6.45, 7) is 2.08. The first kappa shape index (κ1) is 13.5. The minimum absolute atomic E-state index is 0.115.